The number of aryl methyl sites for hydroxylation is 1. The van der Waals surface area contributed by atoms with Crippen LogP contribution in [0.15, 0.2) is 36.5 Å². The van der Waals surface area contributed by atoms with Crippen molar-refractivity contribution in [1.82, 2.24) is 4.98 Å². The van der Waals surface area contributed by atoms with Crippen LogP contribution in [0.5, 0.6) is 11.5 Å². The maximum absolute atomic E-state index is 6.26. The number of rotatable bonds is 4. The van der Waals surface area contributed by atoms with Gasteiger partial charge in [0.25, 0.3) is 0 Å². The van der Waals surface area contributed by atoms with E-state index in [1.807, 2.05) is 37.3 Å². The minimum Gasteiger partial charge on any atom is -0.497 e. The highest BCUT2D eigenvalue weighted by molar-refractivity contribution is 5.42. The topological polar surface area (TPSA) is 57.4 Å². The standard InChI is InChI=1S/C15H18N2O2/c1-10-4-5-17-14(6-10)15(16)11-7-12(18-2)9-13(8-11)19-3/h4-9,15H,16H2,1-3H3. The van der Waals surface area contributed by atoms with Crippen LogP contribution in [0.3, 0.4) is 0 Å². The quantitative estimate of drug-likeness (QED) is 0.915. The lowest BCUT2D eigenvalue weighted by Gasteiger charge is -2.14. The summed E-state index contributed by atoms with van der Waals surface area (Å²) < 4.78 is 10.5. The van der Waals surface area contributed by atoms with E-state index in [2.05, 4.69) is 4.98 Å². The molecule has 0 aliphatic rings. The van der Waals surface area contributed by atoms with Gasteiger partial charge in [0, 0.05) is 12.3 Å². The third-order valence-corrected chi connectivity index (χ3v) is 2.99. The molecular formula is C15H18N2O2. The molecule has 1 heterocycles. The molecule has 0 radical (unpaired) electrons. The fourth-order valence-corrected chi connectivity index (χ4v) is 1.91. The van der Waals surface area contributed by atoms with Crippen LogP contribution < -0.4 is 15.2 Å². The minimum atomic E-state index is -0.302. The zero-order chi connectivity index (χ0) is 13.8. The fourth-order valence-electron chi connectivity index (χ4n) is 1.91. The molecule has 0 fully saturated rings. The lowest BCUT2D eigenvalue weighted by molar-refractivity contribution is 0.393. The summed E-state index contributed by atoms with van der Waals surface area (Å²) in [6.07, 6.45) is 1.77. The largest absolute Gasteiger partial charge is 0.497 e. The molecule has 2 rings (SSSR count). The second-order valence-corrected chi connectivity index (χ2v) is 4.38. The normalized spacial score (nSPS) is 12.0. The number of hydrogen-bond donors (Lipinski definition) is 1. The maximum Gasteiger partial charge on any atom is 0.122 e. The van der Waals surface area contributed by atoms with E-state index < -0.39 is 0 Å². The van der Waals surface area contributed by atoms with Crippen LogP contribution in [0, 0.1) is 6.92 Å². The Kier molecular flexibility index (Phi) is 4.02. The van der Waals surface area contributed by atoms with Crippen LogP contribution in [0.1, 0.15) is 22.9 Å². The monoisotopic (exact) mass is 258 g/mol. The lowest BCUT2D eigenvalue weighted by Crippen LogP contribution is -2.14. The molecule has 4 heteroatoms. The highest BCUT2D eigenvalue weighted by Crippen LogP contribution is 2.28. The number of aromatic nitrogens is 1. The molecule has 0 spiro atoms. The van der Waals surface area contributed by atoms with E-state index in [1.54, 1.807) is 20.4 Å². The molecule has 0 aliphatic heterocycles. The first-order chi connectivity index (χ1) is 9.13. The molecule has 4 nitrogen and oxygen atoms in total. The molecule has 1 aromatic carbocycles. The molecule has 0 bridgehead atoms. The Balaban J connectivity index is 2.40. The molecule has 19 heavy (non-hydrogen) atoms. The number of hydrogen-bond acceptors (Lipinski definition) is 4. The van der Waals surface area contributed by atoms with Gasteiger partial charge in [0.1, 0.15) is 11.5 Å². The number of methoxy groups -OCH3 is 2. The van der Waals surface area contributed by atoms with Gasteiger partial charge in [-0.25, -0.2) is 0 Å². The third kappa shape index (κ3) is 3.03. The first-order valence-corrected chi connectivity index (χ1v) is 6.05. The molecule has 100 valence electrons. The van der Waals surface area contributed by atoms with Crippen molar-refractivity contribution in [2.24, 2.45) is 5.73 Å². The van der Waals surface area contributed by atoms with E-state index in [0.29, 0.717) is 0 Å². The molecule has 1 aromatic heterocycles. The number of benzene rings is 1. The highest BCUT2D eigenvalue weighted by atomic mass is 16.5. The Morgan fingerprint density at radius 2 is 1.68 bits per heavy atom. The van der Waals surface area contributed by atoms with Crippen molar-refractivity contribution in [1.29, 1.82) is 0 Å². The van der Waals surface area contributed by atoms with Crippen molar-refractivity contribution in [2.75, 3.05) is 14.2 Å². The number of pyridine rings is 1. The van der Waals surface area contributed by atoms with Crippen LogP contribution in [-0.4, -0.2) is 19.2 Å². The average molecular weight is 258 g/mol. The average Bonchev–Trinajstić information content (AvgIpc) is 2.45. The Bertz CT molecular complexity index is 548. The number of ether oxygens (including phenoxy) is 2. The lowest BCUT2D eigenvalue weighted by atomic mass is 10.0. The van der Waals surface area contributed by atoms with Gasteiger partial charge < -0.3 is 15.2 Å². The zero-order valence-corrected chi connectivity index (χ0v) is 11.4. The van der Waals surface area contributed by atoms with E-state index in [-0.39, 0.29) is 6.04 Å². The van der Waals surface area contributed by atoms with Crippen LogP contribution in [0.25, 0.3) is 0 Å². The van der Waals surface area contributed by atoms with Gasteiger partial charge in [-0.05, 0) is 42.3 Å². The summed E-state index contributed by atoms with van der Waals surface area (Å²) in [5.41, 5.74) is 9.13. The summed E-state index contributed by atoms with van der Waals surface area (Å²) in [6.45, 7) is 2.02. The maximum atomic E-state index is 6.26. The van der Waals surface area contributed by atoms with Crippen LogP contribution in [0.4, 0.5) is 0 Å². The Morgan fingerprint density at radius 1 is 1.05 bits per heavy atom. The van der Waals surface area contributed by atoms with Crippen LogP contribution in [0.2, 0.25) is 0 Å². The Labute approximate surface area is 113 Å². The molecule has 0 amide bonds. The zero-order valence-electron chi connectivity index (χ0n) is 11.4. The number of nitrogens with two attached hydrogens (primary N) is 1. The minimum absolute atomic E-state index is 0.302. The SMILES string of the molecule is COc1cc(OC)cc(C(N)c2cc(C)ccn2)c1. The van der Waals surface area contributed by atoms with E-state index in [9.17, 15) is 0 Å². The van der Waals surface area contributed by atoms with Gasteiger partial charge in [-0.1, -0.05) is 0 Å². The van der Waals surface area contributed by atoms with Gasteiger partial charge >= 0.3 is 0 Å². The van der Waals surface area contributed by atoms with Crippen molar-refractivity contribution < 1.29 is 9.47 Å². The smallest absolute Gasteiger partial charge is 0.122 e. The van der Waals surface area contributed by atoms with Crippen molar-refractivity contribution >= 4 is 0 Å². The predicted molar refractivity (Wildman–Crippen MR) is 74.6 cm³/mol. The summed E-state index contributed by atoms with van der Waals surface area (Å²) >= 11 is 0. The predicted octanol–water partition coefficient (Wildman–Crippen LogP) is 2.46. The first kappa shape index (κ1) is 13.4. The first-order valence-electron chi connectivity index (χ1n) is 6.05. The fraction of sp³-hybridized carbons (Fsp3) is 0.267. The van der Waals surface area contributed by atoms with Crippen molar-refractivity contribution in [3.63, 3.8) is 0 Å². The summed E-state index contributed by atoms with van der Waals surface area (Å²) in [6, 6.07) is 9.25. The molecule has 2 N–H and O–H groups in total. The van der Waals surface area contributed by atoms with Crippen molar-refractivity contribution in [3.05, 3.63) is 53.3 Å². The summed E-state index contributed by atoms with van der Waals surface area (Å²) in [7, 11) is 3.24. The molecule has 1 unspecified atom stereocenters. The van der Waals surface area contributed by atoms with Gasteiger partial charge in [-0.2, -0.15) is 0 Å². The molecular weight excluding hydrogens is 240 g/mol. The van der Waals surface area contributed by atoms with E-state index in [4.69, 9.17) is 15.2 Å². The molecule has 1 atom stereocenters. The highest BCUT2D eigenvalue weighted by Gasteiger charge is 2.13. The van der Waals surface area contributed by atoms with E-state index >= 15 is 0 Å². The second-order valence-electron chi connectivity index (χ2n) is 4.38. The summed E-state index contributed by atoms with van der Waals surface area (Å²) in [5.74, 6) is 1.44. The van der Waals surface area contributed by atoms with Crippen molar-refractivity contribution in [2.45, 2.75) is 13.0 Å². The molecule has 0 aliphatic carbocycles. The van der Waals surface area contributed by atoms with Gasteiger partial charge in [0.05, 0.1) is 26.0 Å². The van der Waals surface area contributed by atoms with Gasteiger partial charge in [0.15, 0.2) is 0 Å². The number of nitrogens with zero attached hydrogens (tertiary/aromatic N) is 1. The summed E-state index contributed by atoms with van der Waals surface area (Å²) in [4.78, 5) is 4.32. The van der Waals surface area contributed by atoms with E-state index in [1.165, 1.54) is 0 Å². The Morgan fingerprint density at radius 3 is 2.21 bits per heavy atom. The molecule has 0 saturated carbocycles. The Hall–Kier alpha value is -2.07. The van der Waals surface area contributed by atoms with Gasteiger partial charge in [-0.3, -0.25) is 4.98 Å². The third-order valence-electron chi connectivity index (χ3n) is 2.99. The molecule has 2 aromatic rings. The van der Waals surface area contributed by atoms with Gasteiger partial charge in [-0.15, -0.1) is 0 Å². The second kappa shape index (κ2) is 5.71. The van der Waals surface area contributed by atoms with E-state index in [0.717, 1.165) is 28.3 Å². The van der Waals surface area contributed by atoms with Crippen molar-refractivity contribution in [3.8, 4) is 11.5 Å². The summed E-state index contributed by atoms with van der Waals surface area (Å²) in [5, 5.41) is 0. The molecule has 0 saturated heterocycles. The van der Waals surface area contributed by atoms with Gasteiger partial charge in [0.2, 0.25) is 0 Å². The van der Waals surface area contributed by atoms with Crippen LogP contribution in [-0.2, 0) is 0 Å². The van der Waals surface area contributed by atoms with Crippen LogP contribution >= 0.6 is 0 Å².